The summed E-state index contributed by atoms with van der Waals surface area (Å²) in [6.07, 6.45) is 4.13. The number of thiazole rings is 1. The lowest BCUT2D eigenvalue weighted by Gasteiger charge is -2.38. The van der Waals surface area contributed by atoms with Gasteiger partial charge in [0.25, 0.3) is 0 Å². The standard InChI is InChI=1S/C29H25F2N3O6S/c1-38-21-12-20-22(11-17(21)27(35)36)41-29(32-20)34-14-7-8-15(34)10-16(9-14)39-28(37)24-25(33-40-26(24)13-5-6-13)23-18(30)3-2-4-19(23)31/h2-4,11-16H,5-10H2,1H3,(H,35,36)/t14-,15+,16-. The van der Waals surface area contributed by atoms with Crippen molar-refractivity contribution in [3.8, 4) is 17.0 Å². The minimum Gasteiger partial charge on any atom is -0.496 e. The number of carboxylic acid groups (broad SMARTS) is 1. The van der Waals surface area contributed by atoms with Crippen LogP contribution in [0.15, 0.2) is 34.9 Å². The minimum absolute atomic E-state index is 0.000585. The highest BCUT2D eigenvalue weighted by Gasteiger charge is 2.45. The van der Waals surface area contributed by atoms with Crippen LogP contribution in [0.1, 0.15) is 70.9 Å². The molecule has 4 aromatic rings. The molecule has 41 heavy (non-hydrogen) atoms. The molecule has 2 aromatic heterocycles. The van der Waals surface area contributed by atoms with Crippen LogP contribution < -0.4 is 9.64 Å². The van der Waals surface area contributed by atoms with Crippen molar-refractivity contribution in [2.45, 2.75) is 62.6 Å². The van der Waals surface area contributed by atoms with Crippen LogP contribution in [-0.4, -0.2) is 52.5 Å². The number of anilines is 1. The number of carbonyl (C=O) groups is 2. The highest BCUT2D eigenvalue weighted by Crippen LogP contribution is 2.46. The molecule has 212 valence electrons. The van der Waals surface area contributed by atoms with Crippen LogP contribution in [0.25, 0.3) is 21.5 Å². The molecule has 12 heteroatoms. The van der Waals surface area contributed by atoms with Gasteiger partial charge in [-0.15, -0.1) is 0 Å². The summed E-state index contributed by atoms with van der Waals surface area (Å²) in [5.74, 6) is -2.86. The first-order valence-corrected chi connectivity index (χ1v) is 14.3. The van der Waals surface area contributed by atoms with Crippen LogP contribution in [0.2, 0.25) is 0 Å². The van der Waals surface area contributed by atoms with Gasteiger partial charge in [-0.3, -0.25) is 0 Å². The number of aromatic carboxylic acids is 1. The number of benzene rings is 2. The van der Waals surface area contributed by atoms with Gasteiger partial charge in [-0.05, 0) is 43.9 Å². The summed E-state index contributed by atoms with van der Waals surface area (Å²) in [4.78, 5) is 32.2. The lowest BCUT2D eigenvalue weighted by molar-refractivity contribution is 0.0202. The summed E-state index contributed by atoms with van der Waals surface area (Å²) in [5.41, 5.74) is 0.174. The molecule has 1 N–H and O–H groups in total. The SMILES string of the molecule is COc1cc2nc(N3[C@@H]4CC[C@H]3C[C@H](OC(=O)c3c(-c5c(F)cccc5F)noc3C3CC3)C4)sc2cc1C(=O)O. The van der Waals surface area contributed by atoms with E-state index >= 15 is 0 Å². The molecule has 9 nitrogen and oxygen atoms in total. The lowest BCUT2D eigenvalue weighted by Crippen LogP contribution is -2.46. The van der Waals surface area contributed by atoms with Gasteiger partial charge < -0.3 is 24.0 Å². The Morgan fingerprint density at radius 1 is 1.10 bits per heavy atom. The van der Waals surface area contributed by atoms with Crippen LogP contribution in [0.5, 0.6) is 5.75 Å². The second-order valence-electron chi connectivity index (χ2n) is 10.8. The van der Waals surface area contributed by atoms with Crippen molar-refractivity contribution in [2.24, 2.45) is 0 Å². The first kappa shape index (κ1) is 25.9. The topological polar surface area (TPSA) is 115 Å². The summed E-state index contributed by atoms with van der Waals surface area (Å²) in [7, 11) is 1.43. The van der Waals surface area contributed by atoms with Gasteiger partial charge in [0.1, 0.15) is 40.3 Å². The summed E-state index contributed by atoms with van der Waals surface area (Å²) >= 11 is 1.43. The van der Waals surface area contributed by atoms with E-state index in [0.717, 1.165) is 47.6 Å². The number of carboxylic acids is 1. The van der Waals surface area contributed by atoms with Crippen molar-refractivity contribution < 1.29 is 37.5 Å². The van der Waals surface area contributed by atoms with E-state index in [1.807, 2.05) is 0 Å². The number of aromatic nitrogens is 2. The number of carbonyl (C=O) groups excluding carboxylic acids is 1. The van der Waals surface area contributed by atoms with Crippen molar-refractivity contribution in [3.05, 3.63) is 58.9 Å². The van der Waals surface area contributed by atoms with E-state index in [-0.39, 0.29) is 40.6 Å². The predicted octanol–water partition coefficient (Wildman–Crippen LogP) is 6.17. The van der Waals surface area contributed by atoms with E-state index in [1.165, 1.54) is 24.5 Å². The van der Waals surface area contributed by atoms with Gasteiger partial charge in [0.2, 0.25) is 0 Å². The molecule has 2 bridgehead atoms. The average molecular weight is 582 g/mol. The number of halogens is 2. The van der Waals surface area contributed by atoms with Gasteiger partial charge in [0, 0.05) is 36.9 Å². The van der Waals surface area contributed by atoms with Gasteiger partial charge >= 0.3 is 11.9 Å². The number of ether oxygens (including phenoxy) is 2. The number of piperidine rings is 1. The molecular formula is C29H25F2N3O6S. The Balaban J connectivity index is 1.14. The van der Waals surface area contributed by atoms with E-state index in [1.54, 1.807) is 12.1 Å². The number of fused-ring (bicyclic) bond motifs is 3. The molecule has 2 saturated heterocycles. The Labute approximate surface area is 236 Å². The van der Waals surface area contributed by atoms with E-state index in [0.29, 0.717) is 24.1 Å². The molecule has 2 aromatic carbocycles. The van der Waals surface area contributed by atoms with E-state index in [2.05, 4.69) is 10.1 Å². The number of hydrogen-bond donors (Lipinski definition) is 1. The maximum atomic E-state index is 14.6. The second kappa shape index (κ2) is 9.79. The van der Waals surface area contributed by atoms with Gasteiger partial charge in [-0.2, -0.15) is 0 Å². The van der Waals surface area contributed by atoms with Crippen LogP contribution >= 0.6 is 11.3 Å². The fraction of sp³-hybridized carbons (Fsp3) is 0.379. The largest absolute Gasteiger partial charge is 0.496 e. The zero-order valence-corrected chi connectivity index (χ0v) is 22.7. The van der Waals surface area contributed by atoms with Gasteiger partial charge in [-0.1, -0.05) is 22.6 Å². The molecule has 4 heterocycles. The number of esters is 1. The van der Waals surface area contributed by atoms with Crippen LogP contribution in [0, 0.1) is 11.6 Å². The summed E-state index contributed by atoms with van der Waals surface area (Å²) in [6, 6.07) is 6.86. The van der Waals surface area contributed by atoms with Crippen molar-refractivity contribution in [3.63, 3.8) is 0 Å². The number of hydrogen-bond acceptors (Lipinski definition) is 9. The number of methoxy groups -OCH3 is 1. The highest BCUT2D eigenvalue weighted by atomic mass is 32.1. The predicted molar refractivity (Wildman–Crippen MR) is 145 cm³/mol. The van der Waals surface area contributed by atoms with E-state index < -0.39 is 35.2 Å². The molecule has 0 unspecified atom stereocenters. The molecule has 1 aliphatic carbocycles. The zero-order chi connectivity index (χ0) is 28.4. The monoisotopic (exact) mass is 581 g/mol. The lowest BCUT2D eigenvalue weighted by atomic mass is 9.99. The Hall–Kier alpha value is -4.06. The Morgan fingerprint density at radius 2 is 1.80 bits per heavy atom. The smallest absolute Gasteiger partial charge is 0.344 e. The summed E-state index contributed by atoms with van der Waals surface area (Å²) < 4.78 is 46.7. The summed E-state index contributed by atoms with van der Waals surface area (Å²) in [5, 5.41) is 14.2. The van der Waals surface area contributed by atoms with Crippen molar-refractivity contribution in [1.82, 2.24) is 10.1 Å². The third-order valence-corrected chi connectivity index (χ3v) is 9.22. The van der Waals surface area contributed by atoms with Crippen LogP contribution in [0.3, 0.4) is 0 Å². The first-order chi connectivity index (χ1) is 19.8. The van der Waals surface area contributed by atoms with Crippen LogP contribution in [0.4, 0.5) is 13.9 Å². The molecule has 3 aliphatic rings. The fourth-order valence-corrected chi connectivity index (χ4v) is 7.28. The molecule has 3 atom stereocenters. The van der Waals surface area contributed by atoms with Gasteiger partial charge in [0.05, 0.1) is 22.9 Å². The highest BCUT2D eigenvalue weighted by molar-refractivity contribution is 7.22. The molecule has 1 saturated carbocycles. The second-order valence-corrected chi connectivity index (χ2v) is 11.8. The maximum Gasteiger partial charge on any atom is 0.344 e. The molecule has 0 spiro atoms. The van der Waals surface area contributed by atoms with Crippen LogP contribution in [-0.2, 0) is 4.74 Å². The molecule has 0 radical (unpaired) electrons. The summed E-state index contributed by atoms with van der Waals surface area (Å²) in [6.45, 7) is 0. The quantitative estimate of drug-likeness (QED) is 0.256. The average Bonchev–Trinajstić information content (AvgIpc) is 3.46. The molecule has 3 fully saturated rings. The molecule has 7 rings (SSSR count). The van der Waals surface area contributed by atoms with Gasteiger partial charge in [0.15, 0.2) is 10.9 Å². The third-order valence-electron chi connectivity index (χ3n) is 8.18. The Bertz CT molecular complexity index is 1660. The molecule has 2 aliphatic heterocycles. The normalized spacial score (nSPS) is 21.8. The Kier molecular flexibility index (Phi) is 6.18. The number of nitrogens with zero attached hydrogens (tertiary/aromatic N) is 3. The first-order valence-electron chi connectivity index (χ1n) is 13.5. The Morgan fingerprint density at radius 3 is 2.44 bits per heavy atom. The molecular weight excluding hydrogens is 556 g/mol. The maximum absolute atomic E-state index is 14.6. The fourth-order valence-electron chi connectivity index (χ4n) is 6.15. The zero-order valence-electron chi connectivity index (χ0n) is 21.9. The van der Waals surface area contributed by atoms with Gasteiger partial charge in [-0.25, -0.2) is 23.4 Å². The minimum atomic E-state index is -1.07. The van der Waals surface area contributed by atoms with Crippen molar-refractivity contribution in [1.29, 1.82) is 0 Å². The van der Waals surface area contributed by atoms with Crippen molar-refractivity contribution >= 4 is 38.6 Å². The van der Waals surface area contributed by atoms with E-state index in [9.17, 15) is 23.5 Å². The van der Waals surface area contributed by atoms with Crippen molar-refractivity contribution in [2.75, 3.05) is 12.0 Å². The van der Waals surface area contributed by atoms with E-state index in [4.69, 9.17) is 19.0 Å². The third kappa shape index (κ3) is 4.41. The number of rotatable bonds is 7. The molecule has 0 amide bonds.